The van der Waals surface area contributed by atoms with E-state index < -0.39 is 0 Å². The van der Waals surface area contributed by atoms with Crippen LogP contribution in [0.4, 0.5) is 0 Å². The molecule has 0 aliphatic rings. The molecule has 1 heterocycles. The summed E-state index contributed by atoms with van der Waals surface area (Å²) in [5.74, 6) is 1.45. The van der Waals surface area contributed by atoms with Crippen molar-refractivity contribution < 1.29 is 0 Å². The van der Waals surface area contributed by atoms with Gasteiger partial charge >= 0.3 is 0 Å². The molecule has 0 aromatic carbocycles. The van der Waals surface area contributed by atoms with Crippen molar-refractivity contribution in [2.75, 3.05) is 6.54 Å². The quantitative estimate of drug-likeness (QED) is 0.855. The van der Waals surface area contributed by atoms with Crippen LogP contribution in [-0.4, -0.2) is 21.9 Å². The monoisotopic (exact) mass is 269 g/mol. The van der Waals surface area contributed by atoms with Crippen LogP contribution in [0.2, 0.25) is 0 Å². The molecule has 0 aliphatic carbocycles. The molecular weight excluding hydrogens is 242 g/mol. The number of hydrogen-bond acceptors (Lipinski definition) is 4. The van der Waals surface area contributed by atoms with Crippen LogP contribution in [0.25, 0.3) is 0 Å². The Morgan fingerprint density at radius 3 is 2.39 bits per heavy atom. The van der Waals surface area contributed by atoms with Crippen LogP contribution in [0.3, 0.4) is 0 Å². The summed E-state index contributed by atoms with van der Waals surface area (Å²) in [5.41, 5.74) is 0.0487. The molecule has 18 heavy (non-hydrogen) atoms. The number of rotatable bonds is 6. The molecule has 0 spiro atoms. The molecular formula is C14H27N3S. The largest absolute Gasteiger partial charge is 0.314 e. The van der Waals surface area contributed by atoms with E-state index in [1.807, 2.05) is 0 Å². The van der Waals surface area contributed by atoms with Crippen molar-refractivity contribution in [2.45, 2.75) is 71.8 Å². The molecule has 2 atom stereocenters. The molecule has 104 valence electrons. The van der Waals surface area contributed by atoms with E-state index in [4.69, 9.17) is 4.98 Å². The van der Waals surface area contributed by atoms with Gasteiger partial charge in [0.15, 0.2) is 0 Å². The van der Waals surface area contributed by atoms with Crippen LogP contribution in [0.15, 0.2) is 0 Å². The van der Waals surface area contributed by atoms with Gasteiger partial charge in [-0.15, -0.1) is 0 Å². The van der Waals surface area contributed by atoms with Gasteiger partial charge in [-0.05, 0) is 37.8 Å². The third kappa shape index (κ3) is 4.02. The first kappa shape index (κ1) is 15.6. The molecule has 2 unspecified atom stereocenters. The van der Waals surface area contributed by atoms with Gasteiger partial charge in [-0.25, -0.2) is 4.98 Å². The summed E-state index contributed by atoms with van der Waals surface area (Å²) in [6, 6.07) is 0.468. The van der Waals surface area contributed by atoms with E-state index in [2.05, 4.69) is 51.2 Å². The Bertz CT molecular complexity index is 354. The fraction of sp³-hybridized carbons (Fsp3) is 0.857. The standard InChI is InChI=1S/C14H27N3S/c1-7-9-15-10(3)11(8-2)12-16-13(17-18-12)14(4,5)6/h10-11,15H,7-9H2,1-6H3. The van der Waals surface area contributed by atoms with Crippen molar-refractivity contribution in [3.63, 3.8) is 0 Å². The van der Waals surface area contributed by atoms with Gasteiger partial charge in [0.05, 0.1) is 0 Å². The van der Waals surface area contributed by atoms with Crippen molar-refractivity contribution in [1.29, 1.82) is 0 Å². The molecule has 1 rings (SSSR count). The minimum absolute atomic E-state index is 0.0487. The maximum Gasteiger partial charge on any atom is 0.147 e. The van der Waals surface area contributed by atoms with Crippen LogP contribution < -0.4 is 5.32 Å². The maximum absolute atomic E-state index is 4.75. The Morgan fingerprint density at radius 2 is 1.94 bits per heavy atom. The average molecular weight is 269 g/mol. The second-order valence-electron chi connectivity index (χ2n) is 5.96. The minimum atomic E-state index is 0.0487. The summed E-state index contributed by atoms with van der Waals surface area (Å²) < 4.78 is 4.52. The van der Waals surface area contributed by atoms with Crippen molar-refractivity contribution >= 4 is 11.5 Å². The lowest BCUT2D eigenvalue weighted by Gasteiger charge is -2.21. The Hall–Kier alpha value is -0.480. The lowest BCUT2D eigenvalue weighted by molar-refractivity contribution is 0.446. The highest BCUT2D eigenvalue weighted by molar-refractivity contribution is 7.05. The molecule has 0 fully saturated rings. The highest BCUT2D eigenvalue weighted by atomic mass is 32.1. The summed E-state index contributed by atoms with van der Waals surface area (Å²) in [6.45, 7) is 14.2. The minimum Gasteiger partial charge on any atom is -0.314 e. The van der Waals surface area contributed by atoms with E-state index in [1.54, 1.807) is 11.5 Å². The van der Waals surface area contributed by atoms with Crippen molar-refractivity contribution in [1.82, 2.24) is 14.7 Å². The molecule has 0 bridgehead atoms. The Balaban J connectivity index is 2.79. The van der Waals surface area contributed by atoms with Crippen LogP contribution in [0.1, 0.15) is 71.1 Å². The van der Waals surface area contributed by atoms with Gasteiger partial charge in [0.2, 0.25) is 0 Å². The molecule has 0 saturated carbocycles. The molecule has 0 saturated heterocycles. The molecule has 1 aromatic heterocycles. The Labute approximate surface area is 116 Å². The lowest BCUT2D eigenvalue weighted by atomic mass is 9.95. The number of aromatic nitrogens is 2. The van der Waals surface area contributed by atoms with Gasteiger partial charge in [0, 0.05) is 17.4 Å². The highest BCUT2D eigenvalue weighted by Gasteiger charge is 2.25. The zero-order valence-electron chi connectivity index (χ0n) is 12.6. The van der Waals surface area contributed by atoms with Crippen molar-refractivity contribution in [3.8, 4) is 0 Å². The summed E-state index contributed by atoms with van der Waals surface area (Å²) >= 11 is 1.57. The summed E-state index contributed by atoms with van der Waals surface area (Å²) in [4.78, 5) is 4.75. The van der Waals surface area contributed by atoms with E-state index in [1.165, 1.54) is 11.4 Å². The predicted octanol–water partition coefficient (Wildman–Crippen LogP) is 3.72. The fourth-order valence-electron chi connectivity index (χ4n) is 1.95. The summed E-state index contributed by atoms with van der Waals surface area (Å²) in [6.07, 6.45) is 2.28. The maximum atomic E-state index is 4.75. The van der Waals surface area contributed by atoms with Crippen LogP contribution in [0, 0.1) is 0 Å². The van der Waals surface area contributed by atoms with Crippen LogP contribution >= 0.6 is 11.5 Å². The third-order valence-corrected chi connectivity index (χ3v) is 4.03. The van der Waals surface area contributed by atoms with Gasteiger partial charge in [0.25, 0.3) is 0 Å². The summed E-state index contributed by atoms with van der Waals surface area (Å²) in [7, 11) is 0. The van der Waals surface area contributed by atoms with E-state index in [0.717, 1.165) is 18.8 Å². The fourth-order valence-corrected chi connectivity index (χ4v) is 3.07. The molecule has 0 radical (unpaired) electrons. The van der Waals surface area contributed by atoms with Crippen LogP contribution in [-0.2, 0) is 5.41 Å². The summed E-state index contributed by atoms with van der Waals surface area (Å²) in [5, 5.41) is 4.75. The molecule has 1 aromatic rings. The van der Waals surface area contributed by atoms with Crippen molar-refractivity contribution in [3.05, 3.63) is 10.8 Å². The average Bonchev–Trinajstić information content (AvgIpc) is 2.76. The second-order valence-corrected chi connectivity index (χ2v) is 6.75. The molecule has 4 heteroatoms. The predicted molar refractivity (Wildman–Crippen MR) is 79.4 cm³/mol. The molecule has 3 nitrogen and oxygen atoms in total. The van der Waals surface area contributed by atoms with Crippen molar-refractivity contribution in [2.24, 2.45) is 0 Å². The Morgan fingerprint density at radius 1 is 1.28 bits per heavy atom. The van der Waals surface area contributed by atoms with Gasteiger partial charge < -0.3 is 5.32 Å². The van der Waals surface area contributed by atoms with Gasteiger partial charge in [-0.2, -0.15) is 4.37 Å². The van der Waals surface area contributed by atoms with E-state index in [9.17, 15) is 0 Å². The number of nitrogens with zero attached hydrogens (tertiary/aromatic N) is 2. The van der Waals surface area contributed by atoms with E-state index in [-0.39, 0.29) is 5.41 Å². The zero-order chi connectivity index (χ0) is 13.8. The number of hydrogen-bond donors (Lipinski definition) is 1. The van der Waals surface area contributed by atoms with Crippen LogP contribution in [0.5, 0.6) is 0 Å². The smallest absolute Gasteiger partial charge is 0.147 e. The third-order valence-electron chi connectivity index (χ3n) is 3.19. The molecule has 0 aliphatic heterocycles. The number of nitrogens with one attached hydrogen (secondary N) is 1. The molecule has 1 N–H and O–H groups in total. The van der Waals surface area contributed by atoms with Gasteiger partial charge in [-0.3, -0.25) is 0 Å². The first-order valence-corrected chi connectivity index (χ1v) is 7.74. The highest BCUT2D eigenvalue weighted by Crippen LogP contribution is 2.28. The first-order chi connectivity index (χ1) is 8.40. The second kappa shape index (κ2) is 6.62. The first-order valence-electron chi connectivity index (χ1n) is 6.97. The van der Waals surface area contributed by atoms with E-state index in [0.29, 0.717) is 12.0 Å². The van der Waals surface area contributed by atoms with Gasteiger partial charge in [-0.1, -0.05) is 34.6 Å². The zero-order valence-corrected chi connectivity index (χ0v) is 13.4. The SMILES string of the molecule is CCCNC(C)C(CC)c1nc(C(C)(C)C)ns1. The van der Waals surface area contributed by atoms with Gasteiger partial charge in [0.1, 0.15) is 10.8 Å². The van der Waals surface area contributed by atoms with E-state index >= 15 is 0 Å². The molecule has 0 amide bonds. The normalized spacial score (nSPS) is 15.7. The topological polar surface area (TPSA) is 37.8 Å². The Kier molecular flexibility index (Phi) is 5.73. The lowest BCUT2D eigenvalue weighted by Crippen LogP contribution is -2.32.